The van der Waals surface area contributed by atoms with Crippen molar-refractivity contribution >= 4 is 23.9 Å². The van der Waals surface area contributed by atoms with Crippen LogP contribution < -0.4 is 4.72 Å². The molecule has 0 spiro atoms. The summed E-state index contributed by atoms with van der Waals surface area (Å²) in [5, 5.41) is 0. The van der Waals surface area contributed by atoms with Crippen molar-refractivity contribution in [2.45, 2.75) is 19.9 Å². The first-order chi connectivity index (χ1) is 5.22. The maximum Gasteiger partial charge on any atom is 0.0227 e. The fourth-order valence-electron chi connectivity index (χ4n) is 0.818. The number of hydrogen-bond donors (Lipinski definition) is 1. The summed E-state index contributed by atoms with van der Waals surface area (Å²) in [6.45, 7) is 6.60. The largest absolute Gasteiger partial charge is 0.263 e. The van der Waals surface area contributed by atoms with Crippen molar-refractivity contribution in [3.05, 3.63) is 0 Å². The van der Waals surface area contributed by atoms with Crippen molar-refractivity contribution in [1.82, 2.24) is 9.03 Å². The summed E-state index contributed by atoms with van der Waals surface area (Å²) in [6.07, 6.45) is 4.18. The predicted molar refractivity (Wildman–Crippen MR) is 56.9 cm³/mol. The summed E-state index contributed by atoms with van der Waals surface area (Å²) < 4.78 is 5.59. The highest BCUT2D eigenvalue weighted by Crippen LogP contribution is 2.08. The quantitative estimate of drug-likeness (QED) is 0.512. The molecule has 2 nitrogen and oxygen atoms in total. The summed E-state index contributed by atoms with van der Waals surface area (Å²) in [6, 6.07) is 0.633. The van der Waals surface area contributed by atoms with Crippen LogP contribution in [0.15, 0.2) is 0 Å². The van der Waals surface area contributed by atoms with Gasteiger partial charge in [-0.15, -0.1) is 0 Å². The topological polar surface area (TPSA) is 15.3 Å². The molecule has 0 atom stereocenters. The zero-order valence-corrected chi connectivity index (χ0v) is 9.39. The Balaban J connectivity index is 3.36. The molecule has 0 saturated heterocycles. The molecule has 0 aromatic carbocycles. The first-order valence-electron chi connectivity index (χ1n) is 3.79. The highest BCUT2D eigenvalue weighted by atomic mass is 32.2. The van der Waals surface area contributed by atoms with Crippen molar-refractivity contribution in [2.75, 3.05) is 25.6 Å². The van der Waals surface area contributed by atoms with E-state index in [-0.39, 0.29) is 0 Å². The van der Waals surface area contributed by atoms with Gasteiger partial charge in [0.25, 0.3) is 0 Å². The summed E-state index contributed by atoms with van der Waals surface area (Å²) in [5.74, 6) is 0. The Hall–Kier alpha value is 0.620. The van der Waals surface area contributed by atoms with E-state index in [1.54, 1.807) is 11.9 Å². The minimum Gasteiger partial charge on any atom is -0.263 e. The van der Waals surface area contributed by atoms with E-state index in [1.807, 2.05) is 11.9 Å². The average molecular weight is 194 g/mol. The summed E-state index contributed by atoms with van der Waals surface area (Å²) >= 11 is 3.49. The second-order valence-corrected chi connectivity index (χ2v) is 4.05. The van der Waals surface area contributed by atoms with Gasteiger partial charge in [-0.1, -0.05) is 23.9 Å². The lowest BCUT2D eigenvalue weighted by atomic mass is 10.4. The minimum absolute atomic E-state index is 0.633. The minimum atomic E-state index is 0.633. The Bertz CT molecular complexity index is 88.5. The van der Waals surface area contributed by atoms with Gasteiger partial charge in [0, 0.05) is 19.1 Å². The maximum atomic E-state index is 3.23. The van der Waals surface area contributed by atoms with Crippen LogP contribution in [0.3, 0.4) is 0 Å². The van der Waals surface area contributed by atoms with E-state index in [1.165, 1.54) is 0 Å². The molecule has 0 aromatic heterocycles. The van der Waals surface area contributed by atoms with Crippen LogP contribution >= 0.6 is 23.9 Å². The van der Waals surface area contributed by atoms with E-state index in [0.717, 1.165) is 13.1 Å². The van der Waals surface area contributed by atoms with Crippen LogP contribution in [-0.4, -0.2) is 35.9 Å². The molecule has 0 radical (unpaired) electrons. The molecular weight excluding hydrogens is 176 g/mol. The van der Waals surface area contributed by atoms with Gasteiger partial charge in [-0.2, -0.15) is 0 Å². The van der Waals surface area contributed by atoms with Gasteiger partial charge in [-0.3, -0.25) is 4.72 Å². The van der Waals surface area contributed by atoms with Crippen LogP contribution in [0.1, 0.15) is 13.8 Å². The first-order valence-corrected chi connectivity index (χ1v) is 6.19. The third kappa shape index (κ3) is 5.84. The van der Waals surface area contributed by atoms with Crippen LogP contribution in [0.4, 0.5) is 0 Å². The van der Waals surface area contributed by atoms with Crippen LogP contribution in [-0.2, 0) is 0 Å². The van der Waals surface area contributed by atoms with Gasteiger partial charge >= 0.3 is 0 Å². The monoisotopic (exact) mass is 194 g/mol. The molecule has 0 unspecified atom stereocenters. The fourth-order valence-corrected chi connectivity index (χ4v) is 1.81. The van der Waals surface area contributed by atoms with Crippen LogP contribution in [0.2, 0.25) is 0 Å². The van der Waals surface area contributed by atoms with Crippen molar-refractivity contribution < 1.29 is 0 Å². The molecule has 0 aliphatic carbocycles. The van der Waals surface area contributed by atoms with E-state index in [0.29, 0.717) is 6.04 Å². The smallest absolute Gasteiger partial charge is 0.0227 e. The van der Waals surface area contributed by atoms with Gasteiger partial charge in [-0.25, -0.2) is 4.31 Å². The van der Waals surface area contributed by atoms with Gasteiger partial charge in [0.15, 0.2) is 0 Å². The number of rotatable bonds is 6. The maximum absolute atomic E-state index is 3.23. The number of hydrogen-bond acceptors (Lipinski definition) is 4. The lowest BCUT2D eigenvalue weighted by molar-refractivity contribution is 0.403. The summed E-state index contributed by atoms with van der Waals surface area (Å²) in [7, 11) is 0. The van der Waals surface area contributed by atoms with Gasteiger partial charge in [0.05, 0.1) is 0 Å². The molecule has 0 rings (SSSR count). The SMILES string of the molecule is CSNCCN(SC)C(C)C. The molecule has 0 aliphatic heterocycles. The van der Waals surface area contributed by atoms with Crippen LogP contribution in [0.25, 0.3) is 0 Å². The van der Waals surface area contributed by atoms with E-state index in [9.17, 15) is 0 Å². The number of nitrogens with one attached hydrogen (secondary N) is 1. The summed E-state index contributed by atoms with van der Waals surface area (Å²) in [5.41, 5.74) is 0. The van der Waals surface area contributed by atoms with Crippen molar-refractivity contribution in [3.8, 4) is 0 Å². The number of nitrogens with zero attached hydrogens (tertiary/aromatic N) is 1. The van der Waals surface area contributed by atoms with Gasteiger partial charge in [0.2, 0.25) is 0 Å². The molecule has 0 aromatic rings. The third-order valence-electron chi connectivity index (χ3n) is 1.39. The average Bonchev–Trinajstić information content (AvgIpc) is 1.97. The highest BCUT2D eigenvalue weighted by Gasteiger charge is 2.05. The standard InChI is InChI=1S/C7H18N2S2/c1-7(2)9(11-4)6-5-8-10-3/h7-8H,5-6H2,1-4H3. The second kappa shape index (κ2) is 7.28. The van der Waals surface area contributed by atoms with Crippen molar-refractivity contribution in [3.63, 3.8) is 0 Å². The van der Waals surface area contributed by atoms with Crippen LogP contribution in [0, 0.1) is 0 Å². The highest BCUT2D eigenvalue weighted by molar-refractivity contribution is 7.96. The molecular formula is C7H18N2S2. The van der Waals surface area contributed by atoms with Crippen molar-refractivity contribution in [1.29, 1.82) is 0 Å². The molecule has 1 N–H and O–H groups in total. The van der Waals surface area contributed by atoms with E-state index in [2.05, 4.69) is 35.4 Å². The molecule has 0 bridgehead atoms. The lowest BCUT2D eigenvalue weighted by Crippen LogP contribution is -2.29. The van der Waals surface area contributed by atoms with Gasteiger partial charge in [0.1, 0.15) is 0 Å². The van der Waals surface area contributed by atoms with Gasteiger partial charge < -0.3 is 0 Å². The van der Waals surface area contributed by atoms with Crippen molar-refractivity contribution in [2.24, 2.45) is 0 Å². The zero-order chi connectivity index (χ0) is 8.69. The second-order valence-electron chi connectivity index (χ2n) is 2.52. The fraction of sp³-hybridized carbons (Fsp3) is 1.00. The van der Waals surface area contributed by atoms with E-state index >= 15 is 0 Å². The Labute approximate surface area is 78.8 Å². The normalized spacial score (nSPS) is 11.5. The molecule has 0 fully saturated rings. The molecule has 4 heteroatoms. The Morgan fingerprint density at radius 1 is 1.36 bits per heavy atom. The lowest BCUT2D eigenvalue weighted by Gasteiger charge is -2.22. The predicted octanol–water partition coefficient (Wildman–Crippen LogP) is 1.84. The molecule has 0 aliphatic rings. The van der Waals surface area contributed by atoms with E-state index in [4.69, 9.17) is 0 Å². The molecule has 0 saturated carbocycles. The third-order valence-corrected chi connectivity index (χ3v) is 2.96. The summed E-state index contributed by atoms with van der Waals surface area (Å²) in [4.78, 5) is 0. The zero-order valence-electron chi connectivity index (χ0n) is 7.76. The molecule has 0 amide bonds. The Kier molecular flexibility index (Phi) is 7.69. The van der Waals surface area contributed by atoms with E-state index < -0.39 is 0 Å². The van der Waals surface area contributed by atoms with Crippen LogP contribution in [0.5, 0.6) is 0 Å². The van der Waals surface area contributed by atoms with Gasteiger partial charge in [-0.05, 0) is 26.4 Å². The first kappa shape index (κ1) is 11.6. The Morgan fingerprint density at radius 3 is 2.36 bits per heavy atom. The Morgan fingerprint density at radius 2 is 2.00 bits per heavy atom. The molecule has 0 heterocycles. The molecule has 11 heavy (non-hydrogen) atoms. The molecule has 68 valence electrons.